The van der Waals surface area contributed by atoms with Gasteiger partial charge in [-0.3, -0.25) is 9.59 Å². The fraction of sp³-hybridized carbons (Fsp3) is 0.314. The second-order valence-electron chi connectivity index (χ2n) is 10.6. The van der Waals surface area contributed by atoms with Gasteiger partial charge in [0.1, 0.15) is 0 Å². The van der Waals surface area contributed by atoms with Crippen molar-refractivity contribution in [2.45, 2.75) is 46.1 Å². The van der Waals surface area contributed by atoms with E-state index < -0.39 is 0 Å². The molecule has 1 aliphatic rings. The molecule has 0 saturated heterocycles. The molecule has 0 fully saturated rings. The van der Waals surface area contributed by atoms with E-state index >= 15 is 0 Å². The van der Waals surface area contributed by atoms with E-state index in [1.165, 1.54) is 5.56 Å². The predicted molar refractivity (Wildman–Crippen MR) is 173 cm³/mol. The minimum absolute atomic E-state index is 0.0244. The van der Waals surface area contributed by atoms with Crippen molar-refractivity contribution in [2.24, 2.45) is 5.84 Å². The number of nitrogen functional groups attached to an aromatic ring is 1. The number of rotatable bonds is 8. The lowest BCUT2D eigenvalue weighted by Gasteiger charge is -2.30. The van der Waals surface area contributed by atoms with Crippen molar-refractivity contribution in [3.05, 3.63) is 106 Å². The van der Waals surface area contributed by atoms with Crippen molar-refractivity contribution in [3.63, 3.8) is 0 Å². The maximum Gasteiger partial charge on any atom is 0.306 e. The van der Waals surface area contributed by atoms with Crippen LogP contribution in [0.15, 0.2) is 72.8 Å². The molecule has 43 heavy (non-hydrogen) atoms. The zero-order valence-electron chi connectivity index (χ0n) is 25.5. The van der Waals surface area contributed by atoms with Gasteiger partial charge in [0.15, 0.2) is 0 Å². The summed E-state index contributed by atoms with van der Waals surface area (Å²) in [5, 5.41) is 10.8. The van der Waals surface area contributed by atoms with E-state index in [0.717, 1.165) is 52.2 Å². The van der Waals surface area contributed by atoms with E-state index in [1.807, 2.05) is 80.3 Å². The second kappa shape index (κ2) is 14.2. The van der Waals surface area contributed by atoms with Gasteiger partial charge in [-0.25, -0.2) is 5.84 Å². The molecule has 8 heteroatoms. The van der Waals surface area contributed by atoms with Gasteiger partial charge in [-0.2, -0.15) is 0 Å². The highest BCUT2D eigenvalue weighted by Crippen LogP contribution is 2.38. The van der Waals surface area contributed by atoms with Crippen LogP contribution in [0.4, 0.5) is 11.4 Å². The van der Waals surface area contributed by atoms with Gasteiger partial charge in [-0.05, 0) is 84.0 Å². The number of ether oxygens (including phenoxy) is 1. The number of nitrogens with two attached hydrogens (primary N) is 2. The zero-order chi connectivity index (χ0) is 31.1. The SMILES string of the molecule is CCOC(=O)CC(c1ccc2c(c1)CN(C(=O)c1ccc3ccccc3c1)CC2)c1ccc(N(N)CC)c(N)c1C.CO. The molecule has 1 aliphatic heterocycles. The number of esters is 1. The van der Waals surface area contributed by atoms with Gasteiger partial charge in [-0.15, -0.1) is 0 Å². The number of benzene rings is 4. The molecule has 4 aromatic carbocycles. The summed E-state index contributed by atoms with van der Waals surface area (Å²) in [6.45, 7) is 7.86. The van der Waals surface area contributed by atoms with E-state index in [1.54, 1.807) is 5.01 Å². The van der Waals surface area contributed by atoms with Gasteiger partial charge in [0.25, 0.3) is 5.91 Å². The number of aliphatic hydroxyl groups is 1. The maximum absolute atomic E-state index is 13.5. The van der Waals surface area contributed by atoms with Crippen molar-refractivity contribution in [2.75, 3.05) is 37.5 Å². The number of fused-ring (bicyclic) bond motifs is 2. The molecule has 0 bridgehead atoms. The Labute approximate surface area is 253 Å². The number of hydrogen-bond acceptors (Lipinski definition) is 7. The highest BCUT2D eigenvalue weighted by atomic mass is 16.5. The van der Waals surface area contributed by atoms with Gasteiger partial charge in [0.2, 0.25) is 0 Å². The summed E-state index contributed by atoms with van der Waals surface area (Å²) in [6.07, 6.45) is 0.966. The van der Waals surface area contributed by atoms with Crippen LogP contribution in [0, 0.1) is 6.92 Å². The second-order valence-corrected chi connectivity index (χ2v) is 10.6. The third-order valence-electron chi connectivity index (χ3n) is 8.16. The van der Waals surface area contributed by atoms with E-state index in [0.29, 0.717) is 37.5 Å². The van der Waals surface area contributed by atoms with Crippen LogP contribution >= 0.6 is 0 Å². The van der Waals surface area contributed by atoms with Crippen molar-refractivity contribution < 1.29 is 19.4 Å². The Morgan fingerprint density at radius 2 is 1.72 bits per heavy atom. The third kappa shape index (κ3) is 6.82. The van der Waals surface area contributed by atoms with Crippen LogP contribution in [-0.2, 0) is 22.5 Å². The van der Waals surface area contributed by atoms with Gasteiger partial charge < -0.3 is 25.5 Å². The average Bonchev–Trinajstić information content (AvgIpc) is 3.04. The summed E-state index contributed by atoms with van der Waals surface area (Å²) in [5.74, 6) is 5.66. The first-order chi connectivity index (χ1) is 20.8. The lowest BCUT2D eigenvalue weighted by molar-refractivity contribution is -0.143. The Morgan fingerprint density at radius 1 is 0.977 bits per heavy atom. The van der Waals surface area contributed by atoms with Crippen LogP contribution < -0.4 is 16.6 Å². The number of hydrogen-bond donors (Lipinski definition) is 3. The molecule has 4 aromatic rings. The van der Waals surface area contributed by atoms with Crippen LogP contribution in [0.3, 0.4) is 0 Å². The number of carbonyl (C=O) groups excluding carboxylic acids is 2. The van der Waals surface area contributed by atoms with Gasteiger partial charge in [0.05, 0.1) is 24.4 Å². The van der Waals surface area contributed by atoms with Crippen molar-refractivity contribution >= 4 is 34.0 Å². The minimum atomic E-state index is -0.264. The summed E-state index contributed by atoms with van der Waals surface area (Å²) in [7, 11) is 1.00. The zero-order valence-corrected chi connectivity index (χ0v) is 25.5. The summed E-state index contributed by atoms with van der Waals surface area (Å²) in [5.41, 5.74) is 13.8. The number of carbonyl (C=O) groups is 2. The summed E-state index contributed by atoms with van der Waals surface area (Å²) < 4.78 is 5.35. The molecular weight excluding hydrogens is 540 g/mol. The summed E-state index contributed by atoms with van der Waals surface area (Å²) in [4.78, 5) is 28.2. The largest absolute Gasteiger partial charge is 0.466 e. The van der Waals surface area contributed by atoms with Crippen molar-refractivity contribution in [1.82, 2.24) is 4.90 Å². The first-order valence-corrected chi connectivity index (χ1v) is 14.7. The molecule has 1 heterocycles. The Kier molecular flexibility index (Phi) is 10.4. The normalized spacial score (nSPS) is 13.0. The number of aliphatic hydroxyl groups excluding tert-OH is 1. The highest BCUT2D eigenvalue weighted by Gasteiger charge is 2.27. The van der Waals surface area contributed by atoms with Crippen LogP contribution in [-0.4, -0.2) is 48.7 Å². The van der Waals surface area contributed by atoms with Crippen LogP contribution in [0.1, 0.15) is 64.4 Å². The minimum Gasteiger partial charge on any atom is -0.466 e. The molecule has 1 amide bonds. The standard InChI is InChI=1S/C34H38N4O3.CH4O/c1-4-38(36)31-15-14-29(22(3)33(31)35)30(20-32(39)41-5-2)26-12-10-24-16-17-37(21-28(24)19-26)34(40)27-13-11-23-8-6-7-9-25(23)18-27;1-2/h6-15,18-19,30H,4-5,16-17,20-21,35-36H2,1-3H3;2H,1H3. The first-order valence-electron chi connectivity index (χ1n) is 14.7. The quantitative estimate of drug-likeness (QED) is 0.111. The maximum atomic E-state index is 13.5. The first kappa shape index (κ1) is 31.5. The van der Waals surface area contributed by atoms with Gasteiger partial charge in [0, 0.05) is 38.2 Å². The fourth-order valence-electron chi connectivity index (χ4n) is 5.80. The smallest absolute Gasteiger partial charge is 0.306 e. The van der Waals surface area contributed by atoms with Gasteiger partial charge >= 0.3 is 5.97 Å². The number of nitrogens with zero attached hydrogens (tertiary/aromatic N) is 2. The van der Waals surface area contributed by atoms with E-state index in [4.69, 9.17) is 21.4 Å². The Bertz CT molecular complexity index is 1600. The lowest BCUT2D eigenvalue weighted by Crippen LogP contribution is -2.36. The van der Waals surface area contributed by atoms with Gasteiger partial charge in [-0.1, -0.05) is 54.6 Å². The third-order valence-corrected chi connectivity index (χ3v) is 8.16. The fourth-order valence-corrected chi connectivity index (χ4v) is 5.80. The molecule has 226 valence electrons. The van der Waals surface area contributed by atoms with E-state index in [9.17, 15) is 9.59 Å². The van der Waals surface area contributed by atoms with Crippen molar-refractivity contribution in [1.29, 1.82) is 0 Å². The van der Waals surface area contributed by atoms with Crippen molar-refractivity contribution in [3.8, 4) is 0 Å². The summed E-state index contributed by atoms with van der Waals surface area (Å²) in [6, 6.07) is 24.2. The lowest BCUT2D eigenvalue weighted by atomic mass is 9.83. The molecule has 0 aromatic heterocycles. The Morgan fingerprint density at radius 3 is 2.44 bits per heavy atom. The molecular formula is C35H42N4O4. The highest BCUT2D eigenvalue weighted by molar-refractivity contribution is 5.98. The van der Waals surface area contributed by atoms with Crippen LogP contribution in [0.25, 0.3) is 10.8 Å². The number of amides is 1. The number of hydrazine groups is 1. The molecule has 1 unspecified atom stereocenters. The van der Waals surface area contributed by atoms with E-state index in [-0.39, 0.29) is 24.2 Å². The average molecular weight is 583 g/mol. The molecule has 1 atom stereocenters. The van der Waals surface area contributed by atoms with Crippen LogP contribution in [0.2, 0.25) is 0 Å². The number of anilines is 2. The molecule has 5 rings (SSSR count). The molecule has 8 nitrogen and oxygen atoms in total. The molecule has 5 N–H and O–H groups in total. The van der Waals surface area contributed by atoms with E-state index in [2.05, 4.69) is 18.2 Å². The predicted octanol–water partition coefficient (Wildman–Crippen LogP) is 5.32. The molecule has 0 aliphatic carbocycles. The Balaban J connectivity index is 0.00000207. The topological polar surface area (TPSA) is 122 Å². The molecule has 0 saturated carbocycles. The summed E-state index contributed by atoms with van der Waals surface area (Å²) >= 11 is 0. The Hall–Kier alpha value is -4.40. The molecule has 0 radical (unpaired) electrons. The molecule has 0 spiro atoms. The van der Waals surface area contributed by atoms with Crippen LogP contribution in [0.5, 0.6) is 0 Å². The monoisotopic (exact) mass is 582 g/mol.